The van der Waals surface area contributed by atoms with Crippen molar-refractivity contribution in [1.82, 2.24) is 15.1 Å². The first-order valence-electron chi connectivity index (χ1n) is 8.20. The Morgan fingerprint density at radius 3 is 2.64 bits per heavy atom. The monoisotopic (exact) mass is 424 g/mol. The minimum atomic E-state index is -0.0455. The van der Waals surface area contributed by atoms with Gasteiger partial charge in [-0.15, -0.1) is 11.3 Å². The molecular formula is C17H21BrN4O2S. The van der Waals surface area contributed by atoms with Crippen molar-refractivity contribution in [2.45, 2.75) is 6.42 Å². The van der Waals surface area contributed by atoms with Crippen molar-refractivity contribution in [2.24, 2.45) is 4.99 Å². The maximum atomic E-state index is 12.3. The smallest absolute Gasteiger partial charge is 0.289 e. The second-order valence-corrected chi connectivity index (χ2v) is 8.23. The van der Waals surface area contributed by atoms with Crippen LogP contribution in [-0.4, -0.2) is 61.4 Å². The summed E-state index contributed by atoms with van der Waals surface area (Å²) in [6.07, 6.45) is 2.49. The van der Waals surface area contributed by atoms with E-state index in [1.165, 1.54) is 11.1 Å². The van der Waals surface area contributed by atoms with Gasteiger partial charge in [-0.3, -0.25) is 9.79 Å². The van der Waals surface area contributed by atoms with Crippen LogP contribution < -0.4 is 5.32 Å². The van der Waals surface area contributed by atoms with Crippen LogP contribution in [0.5, 0.6) is 0 Å². The van der Waals surface area contributed by atoms with Crippen molar-refractivity contribution in [1.29, 1.82) is 0 Å². The predicted molar refractivity (Wildman–Crippen MR) is 103 cm³/mol. The highest BCUT2D eigenvalue weighted by Crippen LogP contribution is 2.22. The molecule has 3 heterocycles. The largest absolute Gasteiger partial charge is 0.459 e. The number of furan rings is 1. The molecular weight excluding hydrogens is 404 g/mol. The SMILES string of the molecule is CN=C(NCCc1ccc(Br)s1)N1CCN(C(=O)c2ccco2)CC1. The van der Waals surface area contributed by atoms with Gasteiger partial charge in [0.2, 0.25) is 0 Å². The number of nitrogens with one attached hydrogen (secondary N) is 1. The molecule has 1 saturated heterocycles. The van der Waals surface area contributed by atoms with E-state index < -0.39 is 0 Å². The van der Waals surface area contributed by atoms with Crippen molar-refractivity contribution in [3.63, 3.8) is 0 Å². The van der Waals surface area contributed by atoms with E-state index in [-0.39, 0.29) is 5.91 Å². The third kappa shape index (κ3) is 4.64. The highest BCUT2D eigenvalue weighted by molar-refractivity contribution is 9.11. The van der Waals surface area contributed by atoms with Crippen molar-refractivity contribution in [3.05, 3.63) is 45.0 Å². The Balaban J connectivity index is 1.46. The van der Waals surface area contributed by atoms with Crippen LogP contribution in [0.25, 0.3) is 0 Å². The Labute approximate surface area is 159 Å². The number of carbonyl (C=O) groups excluding carboxylic acids is 1. The minimum Gasteiger partial charge on any atom is -0.459 e. The van der Waals surface area contributed by atoms with E-state index in [0.717, 1.165) is 35.8 Å². The number of hydrogen-bond acceptors (Lipinski definition) is 4. The van der Waals surface area contributed by atoms with E-state index in [4.69, 9.17) is 4.42 Å². The summed E-state index contributed by atoms with van der Waals surface area (Å²) in [6.45, 7) is 3.69. The zero-order chi connectivity index (χ0) is 17.6. The Morgan fingerprint density at radius 1 is 1.28 bits per heavy atom. The summed E-state index contributed by atoms with van der Waals surface area (Å²) in [7, 11) is 1.80. The molecule has 1 aliphatic rings. The molecule has 0 radical (unpaired) electrons. The Morgan fingerprint density at radius 2 is 2.04 bits per heavy atom. The van der Waals surface area contributed by atoms with Crippen LogP contribution in [0.4, 0.5) is 0 Å². The van der Waals surface area contributed by atoms with Gasteiger partial charge in [0.25, 0.3) is 5.91 Å². The number of aliphatic imine (C=N–C) groups is 1. The Bertz CT molecular complexity index is 721. The van der Waals surface area contributed by atoms with Gasteiger partial charge in [-0.05, 0) is 46.6 Å². The molecule has 1 N–H and O–H groups in total. The van der Waals surface area contributed by atoms with Gasteiger partial charge in [0, 0.05) is 44.6 Å². The molecule has 2 aromatic heterocycles. The van der Waals surface area contributed by atoms with E-state index in [1.807, 2.05) is 4.90 Å². The van der Waals surface area contributed by atoms with Gasteiger partial charge in [-0.25, -0.2) is 0 Å². The second-order valence-electron chi connectivity index (χ2n) is 5.69. The van der Waals surface area contributed by atoms with Crippen LogP contribution in [0.15, 0.2) is 43.7 Å². The summed E-state index contributed by atoms with van der Waals surface area (Å²) in [6, 6.07) is 7.65. The summed E-state index contributed by atoms with van der Waals surface area (Å²) < 4.78 is 6.35. The van der Waals surface area contributed by atoms with Crippen molar-refractivity contribution < 1.29 is 9.21 Å². The number of carbonyl (C=O) groups is 1. The molecule has 0 bridgehead atoms. The average molecular weight is 425 g/mol. The third-order valence-corrected chi connectivity index (χ3v) is 5.78. The van der Waals surface area contributed by atoms with Crippen LogP contribution in [0.1, 0.15) is 15.4 Å². The number of halogens is 1. The molecule has 1 amide bonds. The molecule has 6 nitrogen and oxygen atoms in total. The first kappa shape index (κ1) is 18.0. The summed E-state index contributed by atoms with van der Waals surface area (Å²) in [4.78, 5) is 22.0. The first-order valence-corrected chi connectivity index (χ1v) is 9.81. The maximum Gasteiger partial charge on any atom is 0.289 e. The number of piperazine rings is 1. The summed E-state index contributed by atoms with van der Waals surface area (Å²) in [5.41, 5.74) is 0. The Hall–Kier alpha value is -1.80. The van der Waals surface area contributed by atoms with E-state index in [2.05, 4.69) is 43.3 Å². The zero-order valence-electron chi connectivity index (χ0n) is 14.1. The fourth-order valence-corrected chi connectivity index (χ4v) is 4.28. The molecule has 1 fully saturated rings. The molecule has 8 heteroatoms. The van der Waals surface area contributed by atoms with Gasteiger partial charge in [0.05, 0.1) is 10.0 Å². The van der Waals surface area contributed by atoms with Crippen LogP contribution in [0.3, 0.4) is 0 Å². The molecule has 134 valence electrons. The third-order valence-electron chi connectivity index (χ3n) is 4.09. The first-order chi connectivity index (χ1) is 12.2. The molecule has 1 aliphatic heterocycles. The predicted octanol–water partition coefficient (Wildman–Crippen LogP) is 2.68. The summed E-state index contributed by atoms with van der Waals surface area (Å²) >= 11 is 5.24. The molecule has 0 aromatic carbocycles. The zero-order valence-corrected chi connectivity index (χ0v) is 16.5. The number of nitrogens with zero attached hydrogens (tertiary/aromatic N) is 3. The van der Waals surface area contributed by atoms with E-state index >= 15 is 0 Å². The number of amides is 1. The molecule has 0 saturated carbocycles. The molecule has 3 rings (SSSR count). The van der Waals surface area contributed by atoms with Crippen LogP contribution in [0.2, 0.25) is 0 Å². The van der Waals surface area contributed by atoms with Crippen LogP contribution in [-0.2, 0) is 6.42 Å². The van der Waals surface area contributed by atoms with E-state index in [9.17, 15) is 4.79 Å². The normalized spacial score (nSPS) is 15.5. The number of rotatable bonds is 4. The summed E-state index contributed by atoms with van der Waals surface area (Å²) in [5.74, 6) is 1.25. The highest BCUT2D eigenvalue weighted by atomic mass is 79.9. The van der Waals surface area contributed by atoms with Crippen molar-refractivity contribution >= 4 is 39.1 Å². The lowest BCUT2D eigenvalue weighted by Gasteiger charge is -2.36. The van der Waals surface area contributed by atoms with Gasteiger partial charge >= 0.3 is 0 Å². The number of guanidine groups is 1. The second kappa shape index (κ2) is 8.53. The van der Waals surface area contributed by atoms with Gasteiger partial charge in [-0.2, -0.15) is 0 Å². The minimum absolute atomic E-state index is 0.0455. The van der Waals surface area contributed by atoms with Gasteiger partial charge < -0.3 is 19.5 Å². The summed E-state index contributed by atoms with van der Waals surface area (Å²) in [5, 5.41) is 3.41. The van der Waals surface area contributed by atoms with E-state index in [1.54, 1.807) is 30.5 Å². The number of thiophene rings is 1. The topological polar surface area (TPSA) is 61.1 Å². The molecule has 25 heavy (non-hydrogen) atoms. The van der Waals surface area contributed by atoms with Gasteiger partial charge in [0.1, 0.15) is 0 Å². The maximum absolute atomic E-state index is 12.3. The van der Waals surface area contributed by atoms with Gasteiger partial charge in [0.15, 0.2) is 11.7 Å². The van der Waals surface area contributed by atoms with Crippen LogP contribution in [0, 0.1) is 0 Å². The van der Waals surface area contributed by atoms with Crippen LogP contribution >= 0.6 is 27.3 Å². The average Bonchev–Trinajstić information content (AvgIpc) is 3.30. The van der Waals surface area contributed by atoms with E-state index in [0.29, 0.717) is 18.8 Å². The van der Waals surface area contributed by atoms with Crippen molar-refractivity contribution in [3.8, 4) is 0 Å². The standard InChI is InChI=1S/C17H21BrN4O2S/c1-19-17(20-7-6-13-4-5-15(18)25-13)22-10-8-21(9-11-22)16(23)14-3-2-12-24-14/h2-5,12H,6-11H2,1H3,(H,19,20). The fourth-order valence-electron chi connectivity index (χ4n) is 2.79. The van der Waals surface area contributed by atoms with Gasteiger partial charge in [-0.1, -0.05) is 0 Å². The molecule has 0 aliphatic carbocycles. The fraction of sp³-hybridized carbons (Fsp3) is 0.412. The molecule has 0 unspecified atom stereocenters. The lowest BCUT2D eigenvalue weighted by atomic mass is 10.3. The highest BCUT2D eigenvalue weighted by Gasteiger charge is 2.25. The molecule has 0 spiro atoms. The molecule has 0 atom stereocenters. The number of hydrogen-bond donors (Lipinski definition) is 1. The quantitative estimate of drug-likeness (QED) is 0.605. The van der Waals surface area contributed by atoms with Crippen molar-refractivity contribution in [2.75, 3.05) is 39.8 Å². The Kier molecular flexibility index (Phi) is 6.14. The molecule has 2 aromatic rings. The lowest BCUT2D eigenvalue weighted by molar-refractivity contribution is 0.0658. The lowest BCUT2D eigenvalue weighted by Crippen LogP contribution is -2.53.